The van der Waals surface area contributed by atoms with Crippen molar-refractivity contribution in [3.8, 4) is 5.75 Å². The van der Waals surface area contributed by atoms with Gasteiger partial charge in [-0.3, -0.25) is 4.79 Å². The molecule has 0 bridgehead atoms. The van der Waals surface area contributed by atoms with Gasteiger partial charge in [-0.05, 0) is 74.6 Å². The summed E-state index contributed by atoms with van der Waals surface area (Å²) in [4.78, 5) is 12.5. The average molecular weight is 443 g/mol. The van der Waals surface area contributed by atoms with Crippen LogP contribution in [-0.2, 0) is 30.8 Å². The zero-order valence-electron chi connectivity index (χ0n) is 18.7. The average Bonchev–Trinajstić information content (AvgIpc) is 3.19. The second-order valence-electron chi connectivity index (χ2n) is 8.79. The molecule has 0 saturated heterocycles. The lowest BCUT2D eigenvalue weighted by atomic mass is 9.86. The third kappa shape index (κ3) is 5.62. The van der Waals surface area contributed by atoms with Gasteiger partial charge in [-0.2, -0.15) is 0 Å². The Balaban J connectivity index is 1.31. The van der Waals surface area contributed by atoms with E-state index in [1.54, 1.807) is 0 Å². The molecule has 31 heavy (non-hydrogen) atoms. The molecule has 1 aromatic carbocycles. The fourth-order valence-electron chi connectivity index (χ4n) is 4.71. The molecule has 1 heterocycles. The Labute approximate surface area is 189 Å². The van der Waals surface area contributed by atoms with Gasteiger partial charge in [0, 0.05) is 12.6 Å². The van der Waals surface area contributed by atoms with Crippen LogP contribution >= 0.6 is 11.8 Å². The van der Waals surface area contributed by atoms with Gasteiger partial charge in [0.25, 0.3) is 0 Å². The van der Waals surface area contributed by atoms with E-state index in [1.165, 1.54) is 61.4 Å². The van der Waals surface area contributed by atoms with E-state index >= 15 is 0 Å². The minimum Gasteiger partial charge on any atom is -0.486 e. The van der Waals surface area contributed by atoms with Gasteiger partial charge in [-0.1, -0.05) is 37.6 Å². The van der Waals surface area contributed by atoms with E-state index in [9.17, 15) is 4.79 Å². The summed E-state index contributed by atoms with van der Waals surface area (Å²) in [7, 11) is 0. The molecule has 0 aliphatic heterocycles. The van der Waals surface area contributed by atoms with Crippen LogP contribution in [0.2, 0.25) is 0 Å². The van der Waals surface area contributed by atoms with Crippen LogP contribution in [0.3, 0.4) is 0 Å². The van der Waals surface area contributed by atoms with Crippen molar-refractivity contribution >= 4 is 17.7 Å². The number of hydrogen-bond acceptors (Lipinski definition) is 5. The first-order valence-corrected chi connectivity index (χ1v) is 12.7. The normalized spacial score (nSPS) is 20.8. The van der Waals surface area contributed by atoms with Crippen LogP contribution in [-0.4, -0.2) is 32.5 Å². The summed E-state index contributed by atoms with van der Waals surface area (Å²) >= 11 is 1.45. The Bertz CT molecular complexity index is 898. The Morgan fingerprint density at radius 2 is 1.97 bits per heavy atom. The van der Waals surface area contributed by atoms with Crippen molar-refractivity contribution in [2.75, 3.05) is 5.75 Å². The number of thioether (sulfide) groups is 1. The smallest absolute Gasteiger partial charge is 0.230 e. The van der Waals surface area contributed by atoms with Crippen molar-refractivity contribution in [1.29, 1.82) is 0 Å². The molecule has 4 rings (SSSR count). The largest absolute Gasteiger partial charge is 0.486 e. The number of benzene rings is 1. The van der Waals surface area contributed by atoms with Crippen LogP contribution in [0.25, 0.3) is 0 Å². The molecule has 1 saturated carbocycles. The van der Waals surface area contributed by atoms with E-state index in [-0.39, 0.29) is 5.91 Å². The molecule has 2 aliphatic carbocycles. The van der Waals surface area contributed by atoms with Gasteiger partial charge in [-0.25, -0.2) is 0 Å². The number of rotatable bonds is 8. The first-order valence-electron chi connectivity index (χ1n) is 11.7. The monoisotopic (exact) mass is 442 g/mol. The Hall–Kier alpha value is -2.02. The maximum Gasteiger partial charge on any atom is 0.230 e. The highest BCUT2D eigenvalue weighted by Crippen LogP contribution is 2.27. The van der Waals surface area contributed by atoms with Crippen LogP contribution in [0.4, 0.5) is 0 Å². The lowest BCUT2D eigenvalue weighted by molar-refractivity contribution is -0.119. The number of aromatic nitrogens is 3. The maximum absolute atomic E-state index is 12.5. The summed E-state index contributed by atoms with van der Waals surface area (Å²) in [5.41, 5.74) is 2.87. The summed E-state index contributed by atoms with van der Waals surface area (Å²) in [5.74, 6) is 2.70. The minimum absolute atomic E-state index is 0.0845. The summed E-state index contributed by atoms with van der Waals surface area (Å²) in [6.45, 7) is 5.44. The Morgan fingerprint density at radius 3 is 2.77 bits per heavy atom. The van der Waals surface area contributed by atoms with Gasteiger partial charge >= 0.3 is 0 Å². The lowest BCUT2D eigenvalue weighted by Gasteiger charge is -2.29. The second-order valence-corrected chi connectivity index (χ2v) is 9.74. The molecular weight excluding hydrogens is 408 g/mol. The van der Waals surface area contributed by atoms with Crippen molar-refractivity contribution in [1.82, 2.24) is 20.1 Å². The van der Waals surface area contributed by atoms with Gasteiger partial charge in [0.2, 0.25) is 5.91 Å². The van der Waals surface area contributed by atoms with Crippen LogP contribution in [0.15, 0.2) is 23.4 Å². The third-order valence-corrected chi connectivity index (χ3v) is 7.55. The summed E-state index contributed by atoms with van der Waals surface area (Å²) < 4.78 is 8.08. The summed E-state index contributed by atoms with van der Waals surface area (Å²) in [6.07, 6.45) is 9.63. The fourth-order valence-corrected chi connectivity index (χ4v) is 5.54. The predicted molar refractivity (Wildman–Crippen MR) is 123 cm³/mol. The van der Waals surface area contributed by atoms with Crippen LogP contribution in [0.1, 0.15) is 69.3 Å². The standard InChI is InChI=1S/C24H34N4O2S/c1-3-28-22(15-30-20-13-12-18-9-5-6-10-19(18)14-20)26-27-24(28)31-16-23(29)25-21-11-7-4-8-17(21)2/h12-14,17,21H,3-11,15-16H2,1-2H3,(H,25,29)/t17-,21+/m0/s1. The molecule has 2 atom stereocenters. The van der Waals surface area contributed by atoms with E-state index in [2.05, 4.69) is 47.6 Å². The van der Waals surface area contributed by atoms with E-state index in [1.807, 2.05) is 4.57 Å². The zero-order valence-corrected chi connectivity index (χ0v) is 19.5. The maximum atomic E-state index is 12.5. The molecule has 2 aromatic rings. The van der Waals surface area contributed by atoms with Crippen LogP contribution in [0, 0.1) is 5.92 Å². The molecule has 1 N–H and O–H groups in total. The minimum atomic E-state index is 0.0845. The fraction of sp³-hybridized carbons (Fsp3) is 0.625. The molecule has 6 nitrogen and oxygen atoms in total. The Kier molecular flexibility index (Phi) is 7.54. The van der Waals surface area contributed by atoms with E-state index in [0.717, 1.165) is 36.1 Å². The summed E-state index contributed by atoms with van der Waals surface area (Å²) in [5, 5.41) is 12.6. The molecule has 168 valence electrons. The number of amides is 1. The lowest BCUT2D eigenvalue weighted by Crippen LogP contribution is -2.41. The molecule has 0 spiro atoms. The number of nitrogens with zero attached hydrogens (tertiary/aromatic N) is 3. The van der Waals surface area contributed by atoms with Crippen LogP contribution < -0.4 is 10.1 Å². The SMILES string of the molecule is CCn1c(COc2ccc3c(c2)CCCC3)nnc1SCC(=O)N[C@@H]1CCCC[C@@H]1C. The second kappa shape index (κ2) is 10.5. The van der Waals surface area contributed by atoms with E-state index in [0.29, 0.717) is 24.3 Å². The highest BCUT2D eigenvalue weighted by atomic mass is 32.2. The number of fused-ring (bicyclic) bond motifs is 1. The molecule has 0 unspecified atom stereocenters. The molecule has 1 aromatic heterocycles. The number of nitrogens with one attached hydrogen (secondary N) is 1. The highest BCUT2D eigenvalue weighted by molar-refractivity contribution is 7.99. The van der Waals surface area contributed by atoms with Gasteiger partial charge in [0.15, 0.2) is 11.0 Å². The topological polar surface area (TPSA) is 69.0 Å². The molecule has 1 amide bonds. The predicted octanol–water partition coefficient (Wildman–Crippen LogP) is 4.54. The number of carbonyl (C=O) groups excluding carboxylic acids is 1. The molecular formula is C24H34N4O2S. The quantitative estimate of drug-likeness (QED) is 0.608. The number of aryl methyl sites for hydroxylation is 2. The molecule has 7 heteroatoms. The van der Waals surface area contributed by atoms with Crippen molar-refractivity contribution in [3.63, 3.8) is 0 Å². The van der Waals surface area contributed by atoms with Crippen molar-refractivity contribution < 1.29 is 9.53 Å². The number of carbonyl (C=O) groups is 1. The number of ether oxygens (including phenoxy) is 1. The first kappa shape index (κ1) is 22.2. The summed E-state index contributed by atoms with van der Waals surface area (Å²) in [6, 6.07) is 6.74. The number of hydrogen-bond donors (Lipinski definition) is 1. The van der Waals surface area contributed by atoms with E-state index in [4.69, 9.17) is 4.74 Å². The van der Waals surface area contributed by atoms with Crippen molar-refractivity contribution in [2.45, 2.75) is 89.6 Å². The van der Waals surface area contributed by atoms with Gasteiger partial charge in [-0.15, -0.1) is 10.2 Å². The molecule has 0 radical (unpaired) electrons. The van der Waals surface area contributed by atoms with Crippen molar-refractivity contribution in [3.05, 3.63) is 35.2 Å². The first-order chi connectivity index (χ1) is 15.1. The van der Waals surface area contributed by atoms with Gasteiger partial charge in [0.1, 0.15) is 12.4 Å². The van der Waals surface area contributed by atoms with Gasteiger partial charge in [0.05, 0.1) is 5.75 Å². The highest BCUT2D eigenvalue weighted by Gasteiger charge is 2.23. The third-order valence-electron chi connectivity index (χ3n) is 6.59. The van der Waals surface area contributed by atoms with Crippen LogP contribution in [0.5, 0.6) is 5.75 Å². The molecule has 2 aliphatic rings. The van der Waals surface area contributed by atoms with Gasteiger partial charge < -0.3 is 14.6 Å². The Morgan fingerprint density at radius 1 is 1.16 bits per heavy atom. The van der Waals surface area contributed by atoms with E-state index < -0.39 is 0 Å². The molecule has 1 fully saturated rings. The van der Waals surface area contributed by atoms with Crippen molar-refractivity contribution in [2.24, 2.45) is 5.92 Å². The zero-order chi connectivity index (χ0) is 21.6.